The van der Waals surface area contributed by atoms with Crippen LogP contribution in [-0.2, 0) is 27.1 Å². The molecule has 0 bridgehead atoms. The van der Waals surface area contributed by atoms with Crippen molar-refractivity contribution in [2.45, 2.75) is 70.3 Å². The second kappa shape index (κ2) is 7.06. The van der Waals surface area contributed by atoms with Gasteiger partial charge in [0.05, 0.1) is 46.3 Å². The topological polar surface area (TPSA) is 68.5 Å². The normalized spacial score (nSPS) is 30.9. The number of anilines is 1. The molecule has 29 heavy (non-hydrogen) atoms. The highest BCUT2D eigenvalue weighted by Gasteiger charge is 2.52. The zero-order valence-corrected chi connectivity index (χ0v) is 18.7. The summed E-state index contributed by atoms with van der Waals surface area (Å²) in [6.45, 7) is 10.9. The van der Waals surface area contributed by atoms with E-state index in [1.54, 1.807) is 0 Å². The van der Waals surface area contributed by atoms with Crippen LogP contribution in [0, 0.1) is 16.7 Å². The molecule has 3 aliphatic rings. The van der Waals surface area contributed by atoms with Crippen LogP contribution in [0.4, 0.5) is 5.69 Å². The van der Waals surface area contributed by atoms with Crippen molar-refractivity contribution in [1.82, 2.24) is 0 Å². The fourth-order valence-electron chi connectivity index (χ4n) is 4.07. The molecular formula is C22H29BN2O3S. The summed E-state index contributed by atoms with van der Waals surface area (Å²) in [5, 5.41) is 9.25. The van der Waals surface area contributed by atoms with Gasteiger partial charge in [0.25, 0.3) is 0 Å². The van der Waals surface area contributed by atoms with Gasteiger partial charge in [0, 0.05) is 6.42 Å². The Kier molecular flexibility index (Phi) is 5.06. The van der Waals surface area contributed by atoms with Gasteiger partial charge in [-0.15, -0.1) is 0 Å². The third-order valence-corrected chi connectivity index (χ3v) is 8.56. The molecule has 3 atom stereocenters. The van der Waals surface area contributed by atoms with Crippen molar-refractivity contribution in [1.29, 1.82) is 5.26 Å². The largest absolute Gasteiger partial charge is 0.592 e. The zero-order valence-electron chi connectivity index (χ0n) is 17.9. The van der Waals surface area contributed by atoms with Crippen molar-refractivity contribution >= 4 is 29.6 Å². The van der Waals surface area contributed by atoms with Gasteiger partial charge in [-0.25, -0.2) is 0 Å². The standard InChI is InChI=1S/C22H29BN2O3S/c1-20(2)21(3,4)28-23(27-20)17-6-7-19-16(14-17)10-13-25(19)29(26)18-8-11-22(5,15-24)12-9-18/h6-8,11,14,18H,9-10,12-13H2,1-5H3. The molecule has 1 aliphatic carbocycles. The van der Waals surface area contributed by atoms with Gasteiger partial charge >= 0.3 is 7.12 Å². The molecule has 0 saturated carbocycles. The minimum absolute atomic E-state index is 0.0369. The van der Waals surface area contributed by atoms with Gasteiger partial charge in [-0.2, -0.15) is 9.57 Å². The maximum absolute atomic E-state index is 13.2. The summed E-state index contributed by atoms with van der Waals surface area (Å²) in [7, 11) is -0.380. The molecule has 3 unspecified atom stereocenters. The highest BCUT2D eigenvalue weighted by molar-refractivity contribution is 7.93. The van der Waals surface area contributed by atoms with E-state index >= 15 is 0 Å². The molecular weight excluding hydrogens is 383 g/mol. The quantitative estimate of drug-likeness (QED) is 0.433. The molecule has 0 amide bonds. The van der Waals surface area contributed by atoms with Crippen LogP contribution in [-0.4, -0.2) is 34.7 Å². The van der Waals surface area contributed by atoms with E-state index in [9.17, 15) is 9.81 Å². The number of hydrogen-bond acceptors (Lipinski definition) is 5. The van der Waals surface area contributed by atoms with Crippen molar-refractivity contribution in [3.8, 4) is 6.07 Å². The van der Waals surface area contributed by atoms with E-state index in [1.165, 1.54) is 5.56 Å². The Labute approximate surface area is 177 Å². The molecule has 154 valence electrons. The number of benzene rings is 1. The monoisotopic (exact) mass is 412 g/mol. The summed E-state index contributed by atoms with van der Waals surface area (Å²) in [6, 6.07) is 8.56. The van der Waals surface area contributed by atoms with Gasteiger partial charge in [-0.1, -0.05) is 18.2 Å². The lowest BCUT2D eigenvalue weighted by molar-refractivity contribution is 0.00578. The van der Waals surface area contributed by atoms with E-state index in [-0.39, 0.29) is 23.6 Å². The molecule has 2 heterocycles. The van der Waals surface area contributed by atoms with E-state index in [2.05, 4.69) is 39.8 Å². The second-order valence-corrected chi connectivity index (χ2v) is 11.2. The lowest BCUT2D eigenvalue weighted by Crippen LogP contribution is -2.41. The molecule has 0 N–H and O–H groups in total. The van der Waals surface area contributed by atoms with Gasteiger partial charge in [0.15, 0.2) is 5.25 Å². The molecule has 2 aliphatic heterocycles. The van der Waals surface area contributed by atoms with Gasteiger partial charge in [-0.3, -0.25) is 0 Å². The maximum atomic E-state index is 13.2. The van der Waals surface area contributed by atoms with E-state index in [0.29, 0.717) is 0 Å². The third-order valence-electron chi connectivity index (χ3n) is 6.84. The molecule has 1 saturated heterocycles. The van der Waals surface area contributed by atoms with Crippen LogP contribution < -0.4 is 9.77 Å². The summed E-state index contributed by atoms with van der Waals surface area (Å²) < 4.78 is 27.6. The number of rotatable bonds is 3. The van der Waals surface area contributed by atoms with Gasteiger partial charge in [0.1, 0.15) is 0 Å². The Bertz CT molecular complexity index is 865. The lowest BCUT2D eigenvalue weighted by atomic mass is 9.78. The number of nitriles is 1. The first-order valence-corrected chi connectivity index (χ1v) is 11.5. The van der Waals surface area contributed by atoms with Crippen LogP contribution in [0.25, 0.3) is 0 Å². The third kappa shape index (κ3) is 3.61. The maximum Gasteiger partial charge on any atom is 0.494 e. The minimum Gasteiger partial charge on any atom is -0.592 e. The fourth-order valence-corrected chi connectivity index (χ4v) is 5.57. The molecule has 0 spiro atoms. The summed E-state index contributed by atoms with van der Waals surface area (Å²) in [5.41, 5.74) is 2.07. The van der Waals surface area contributed by atoms with E-state index in [0.717, 1.165) is 37.0 Å². The smallest absolute Gasteiger partial charge is 0.494 e. The Morgan fingerprint density at radius 2 is 1.90 bits per heavy atom. The van der Waals surface area contributed by atoms with Crippen LogP contribution >= 0.6 is 0 Å². The average Bonchev–Trinajstić information content (AvgIpc) is 3.19. The average molecular weight is 412 g/mol. The predicted molar refractivity (Wildman–Crippen MR) is 117 cm³/mol. The fraction of sp³-hybridized carbons (Fsp3) is 0.591. The molecule has 1 aromatic rings. The predicted octanol–water partition coefficient (Wildman–Crippen LogP) is 3.26. The summed E-state index contributed by atoms with van der Waals surface area (Å²) in [4.78, 5) is 0. The van der Waals surface area contributed by atoms with E-state index in [1.807, 2.05) is 35.5 Å². The highest BCUT2D eigenvalue weighted by atomic mass is 32.2. The van der Waals surface area contributed by atoms with Crippen LogP contribution in [0.2, 0.25) is 0 Å². The molecule has 4 rings (SSSR count). The van der Waals surface area contributed by atoms with Crippen molar-refractivity contribution in [3.63, 3.8) is 0 Å². The Morgan fingerprint density at radius 3 is 2.48 bits per heavy atom. The van der Waals surface area contributed by atoms with Crippen molar-refractivity contribution in [3.05, 3.63) is 35.9 Å². The number of nitrogens with zero attached hydrogens (tertiary/aromatic N) is 2. The molecule has 1 fully saturated rings. The highest BCUT2D eigenvalue weighted by Crippen LogP contribution is 2.39. The Morgan fingerprint density at radius 1 is 1.21 bits per heavy atom. The molecule has 7 heteroatoms. The van der Waals surface area contributed by atoms with Gasteiger partial charge < -0.3 is 13.9 Å². The number of hydrogen-bond donors (Lipinski definition) is 0. The number of fused-ring (bicyclic) bond motifs is 1. The lowest BCUT2D eigenvalue weighted by Gasteiger charge is -2.32. The first kappa shape index (κ1) is 20.8. The van der Waals surface area contributed by atoms with Crippen molar-refractivity contribution in [2.24, 2.45) is 5.41 Å². The van der Waals surface area contributed by atoms with E-state index in [4.69, 9.17) is 9.31 Å². The minimum atomic E-state index is -1.14. The van der Waals surface area contributed by atoms with Gasteiger partial charge in [-0.05, 0) is 70.6 Å². The first-order valence-electron chi connectivity index (χ1n) is 10.3. The molecule has 5 nitrogen and oxygen atoms in total. The van der Waals surface area contributed by atoms with Crippen LogP contribution in [0.15, 0.2) is 30.4 Å². The molecule has 0 aromatic heterocycles. The Balaban J connectivity index is 1.51. The van der Waals surface area contributed by atoms with E-state index < -0.39 is 16.8 Å². The Hall–Kier alpha value is -1.46. The summed E-state index contributed by atoms with van der Waals surface area (Å²) >= 11 is -1.14. The van der Waals surface area contributed by atoms with Crippen molar-refractivity contribution in [2.75, 3.05) is 10.8 Å². The summed E-state index contributed by atoms with van der Waals surface area (Å²) in [5.74, 6) is 0. The molecule has 0 radical (unpaired) electrons. The number of allylic oxidation sites excluding steroid dienone is 1. The van der Waals surface area contributed by atoms with Crippen molar-refractivity contribution < 1.29 is 13.9 Å². The zero-order chi connectivity index (χ0) is 21.0. The SMILES string of the molecule is CC1(C#N)C=CC([S+]([O-])N2CCc3cc(B4OC(C)(C)C(C)(C)O4)ccc32)CC1. The van der Waals surface area contributed by atoms with Crippen LogP contribution in [0.5, 0.6) is 0 Å². The van der Waals surface area contributed by atoms with Crippen LogP contribution in [0.3, 0.4) is 0 Å². The second-order valence-electron chi connectivity index (χ2n) is 9.57. The molecule has 1 aromatic carbocycles. The van der Waals surface area contributed by atoms with Crippen LogP contribution in [0.1, 0.15) is 53.0 Å². The first-order chi connectivity index (χ1) is 13.6. The van der Waals surface area contributed by atoms with Gasteiger partial charge in [0.2, 0.25) is 0 Å². The summed E-state index contributed by atoms with van der Waals surface area (Å²) in [6.07, 6.45) is 6.28.